The van der Waals surface area contributed by atoms with Gasteiger partial charge in [0, 0.05) is 30.7 Å². The fraction of sp³-hybridized carbons (Fsp3) is 0.538. The number of carbonyl (C=O) groups is 1. The molecule has 2 heteroatoms. The Morgan fingerprint density at radius 1 is 1.13 bits per heavy atom. The minimum Gasteiger partial charge on any atom is -0.300 e. The van der Waals surface area contributed by atoms with Crippen LogP contribution in [0, 0.1) is 0 Å². The molecule has 1 aliphatic carbocycles. The lowest BCUT2D eigenvalue weighted by Crippen LogP contribution is -2.09. The number of hydrogen-bond donors (Lipinski definition) is 0. The minimum atomic E-state index is 0.427. The van der Waals surface area contributed by atoms with Crippen LogP contribution in [0.1, 0.15) is 50.1 Å². The Hall–Kier alpha value is -1.18. The van der Waals surface area contributed by atoms with Crippen molar-refractivity contribution in [2.75, 3.05) is 0 Å². The van der Waals surface area contributed by atoms with E-state index in [-0.39, 0.29) is 0 Å². The molecule has 2 rings (SSSR count). The summed E-state index contributed by atoms with van der Waals surface area (Å²) in [6.07, 6.45) is 7.75. The van der Waals surface area contributed by atoms with Gasteiger partial charge in [0.25, 0.3) is 0 Å². The highest BCUT2D eigenvalue weighted by Gasteiger charge is 2.17. The molecule has 0 radical (unpaired) electrons. The van der Waals surface area contributed by atoms with Gasteiger partial charge in [-0.3, -0.25) is 9.78 Å². The average Bonchev–Trinajstić information content (AvgIpc) is 2.25. The number of nitrogens with zero attached hydrogens (tertiary/aromatic N) is 1. The first-order chi connectivity index (χ1) is 7.36. The first-order valence-corrected chi connectivity index (χ1v) is 5.79. The molecular formula is C13H17NO. The molecule has 80 valence electrons. The fourth-order valence-corrected chi connectivity index (χ4v) is 2.23. The standard InChI is InChI=1S/C13H17NO/c15-12-6-2-1-5-11(8-9-12)13-7-3-4-10-14-13/h3-4,7,10-11H,1-2,5-6,8-9H2. The Kier molecular flexibility index (Phi) is 3.49. The lowest BCUT2D eigenvalue weighted by molar-refractivity contribution is -0.119. The largest absolute Gasteiger partial charge is 0.300 e. The number of aromatic nitrogens is 1. The Balaban J connectivity index is 2.04. The highest BCUT2D eigenvalue weighted by Crippen LogP contribution is 2.28. The van der Waals surface area contributed by atoms with Crippen molar-refractivity contribution in [2.45, 2.75) is 44.4 Å². The van der Waals surface area contributed by atoms with Gasteiger partial charge in [0.05, 0.1) is 0 Å². The van der Waals surface area contributed by atoms with Crippen molar-refractivity contribution in [1.82, 2.24) is 4.98 Å². The summed E-state index contributed by atoms with van der Waals surface area (Å²) in [6, 6.07) is 6.05. The van der Waals surface area contributed by atoms with E-state index in [1.807, 2.05) is 18.3 Å². The van der Waals surface area contributed by atoms with Gasteiger partial charge in [-0.05, 0) is 31.4 Å². The minimum absolute atomic E-state index is 0.427. The van der Waals surface area contributed by atoms with Crippen LogP contribution in [0.25, 0.3) is 0 Å². The highest BCUT2D eigenvalue weighted by atomic mass is 16.1. The molecule has 1 aromatic rings. The maximum absolute atomic E-state index is 11.4. The molecule has 0 amide bonds. The molecule has 0 aromatic carbocycles. The third kappa shape index (κ3) is 2.88. The molecule has 0 aliphatic heterocycles. The Bertz CT molecular complexity index is 321. The molecule has 0 spiro atoms. The maximum atomic E-state index is 11.4. The van der Waals surface area contributed by atoms with Crippen molar-refractivity contribution in [1.29, 1.82) is 0 Å². The van der Waals surface area contributed by atoms with Crippen LogP contribution in [0.4, 0.5) is 0 Å². The third-order valence-electron chi connectivity index (χ3n) is 3.14. The van der Waals surface area contributed by atoms with E-state index in [9.17, 15) is 4.79 Å². The van der Waals surface area contributed by atoms with Gasteiger partial charge < -0.3 is 0 Å². The van der Waals surface area contributed by atoms with Crippen LogP contribution in [-0.2, 0) is 4.79 Å². The van der Waals surface area contributed by atoms with Crippen molar-refractivity contribution in [3.63, 3.8) is 0 Å². The van der Waals surface area contributed by atoms with Gasteiger partial charge in [0.1, 0.15) is 5.78 Å². The molecule has 1 heterocycles. The second-order valence-electron chi connectivity index (χ2n) is 4.27. The summed E-state index contributed by atoms with van der Waals surface area (Å²) in [5.74, 6) is 0.922. The van der Waals surface area contributed by atoms with Crippen LogP contribution in [0.2, 0.25) is 0 Å². The van der Waals surface area contributed by atoms with E-state index >= 15 is 0 Å². The summed E-state index contributed by atoms with van der Waals surface area (Å²) in [6.45, 7) is 0. The molecule has 15 heavy (non-hydrogen) atoms. The van der Waals surface area contributed by atoms with Gasteiger partial charge >= 0.3 is 0 Å². The lowest BCUT2D eigenvalue weighted by atomic mass is 9.88. The van der Waals surface area contributed by atoms with Crippen LogP contribution in [0.3, 0.4) is 0 Å². The lowest BCUT2D eigenvalue weighted by Gasteiger charge is -2.18. The maximum Gasteiger partial charge on any atom is 0.132 e. The Labute approximate surface area is 90.7 Å². The van der Waals surface area contributed by atoms with E-state index in [0.717, 1.165) is 37.8 Å². The van der Waals surface area contributed by atoms with Gasteiger partial charge in [-0.15, -0.1) is 0 Å². The number of hydrogen-bond acceptors (Lipinski definition) is 2. The first-order valence-electron chi connectivity index (χ1n) is 5.79. The topological polar surface area (TPSA) is 30.0 Å². The van der Waals surface area contributed by atoms with Crippen molar-refractivity contribution < 1.29 is 4.79 Å². The van der Waals surface area contributed by atoms with Crippen LogP contribution < -0.4 is 0 Å². The van der Waals surface area contributed by atoms with Gasteiger partial charge in [-0.1, -0.05) is 12.5 Å². The zero-order valence-corrected chi connectivity index (χ0v) is 8.98. The first kappa shape index (κ1) is 10.3. The zero-order valence-electron chi connectivity index (χ0n) is 8.98. The van der Waals surface area contributed by atoms with Gasteiger partial charge in [0.15, 0.2) is 0 Å². The molecule has 1 aromatic heterocycles. The number of rotatable bonds is 1. The van der Waals surface area contributed by atoms with Crippen molar-refractivity contribution in [3.8, 4) is 0 Å². The quantitative estimate of drug-likeness (QED) is 0.702. The molecular weight excluding hydrogens is 186 g/mol. The van der Waals surface area contributed by atoms with Crippen LogP contribution >= 0.6 is 0 Å². The Morgan fingerprint density at radius 2 is 2.07 bits per heavy atom. The predicted molar refractivity (Wildman–Crippen MR) is 59.7 cm³/mol. The molecule has 1 atom stereocenters. The van der Waals surface area contributed by atoms with Crippen LogP contribution in [0.15, 0.2) is 24.4 Å². The van der Waals surface area contributed by atoms with E-state index in [1.54, 1.807) is 0 Å². The monoisotopic (exact) mass is 203 g/mol. The summed E-state index contributed by atoms with van der Waals surface area (Å²) in [7, 11) is 0. The molecule has 0 bridgehead atoms. The number of carbonyl (C=O) groups excluding carboxylic acids is 1. The predicted octanol–water partition coefficient (Wildman–Crippen LogP) is 3.09. The van der Waals surface area contributed by atoms with Gasteiger partial charge in [-0.25, -0.2) is 0 Å². The summed E-state index contributed by atoms with van der Waals surface area (Å²) < 4.78 is 0. The SMILES string of the molecule is O=C1CCCCC(c2ccccn2)CC1. The third-order valence-corrected chi connectivity index (χ3v) is 3.14. The van der Waals surface area contributed by atoms with E-state index < -0.39 is 0 Å². The molecule has 2 nitrogen and oxygen atoms in total. The fourth-order valence-electron chi connectivity index (χ4n) is 2.23. The number of ketones is 1. The van der Waals surface area contributed by atoms with Gasteiger partial charge in [0.2, 0.25) is 0 Å². The zero-order chi connectivity index (χ0) is 10.5. The average molecular weight is 203 g/mol. The van der Waals surface area contributed by atoms with Crippen molar-refractivity contribution >= 4 is 5.78 Å². The van der Waals surface area contributed by atoms with E-state index in [0.29, 0.717) is 11.7 Å². The summed E-state index contributed by atoms with van der Waals surface area (Å²) in [4.78, 5) is 15.8. The second kappa shape index (κ2) is 5.06. The molecule has 1 saturated carbocycles. The van der Waals surface area contributed by atoms with E-state index in [1.165, 1.54) is 6.42 Å². The summed E-state index contributed by atoms with van der Waals surface area (Å²) in [5, 5.41) is 0. The molecule has 1 aliphatic rings. The summed E-state index contributed by atoms with van der Waals surface area (Å²) >= 11 is 0. The molecule has 1 unspecified atom stereocenters. The number of pyridine rings is 1. The second-order valence-corrected chi connectivity index (χ2v) is 4.27. The smallest absolute Gasteiger partial charge is 0.132 e. The Morgan fingerprint density at radius 3 is 2.87 bits per heavy atom. The van der Waals surface area contributed by atoms with E-state index in [4.69, 9.17) is 0 Å². The van der Waals surface area contributed by atoms with Crippen LogP contribution in [-0.4, -0.2) is 10.8 Å². The highest BCUT2D eigenvalue weighted by molar-refractivity contribution is 5.78. The van der Waals surface area contributed by atoms with Crippen molar-refractivity contribution in [3.05, 3.63) is 30.1 Å². The van der Waals surface area contributed by atoms with Gasteiger partial charge in [-0.2, -0.15) is 0 Å². The van der Waals surface area contributed by atoms with E-state index in [2.05, 4.69) is 11.1 Å². The van der Waals surface area contributed by atoms with Crippen LogP contribution in [0.5, 0.6) is 0 Å². The number of Topliss-reactive ketones (excluding diaryl/α,β-unsaturated/α-hetero) is 1. The molecule has 0 saturated heterocycles. The van der Waals surface area contributed by atoms with Crippen molar-refractivity contribution in [2.24, 2.45) is 0 Å². The molecule has 1 fully saturated rings. The normalized spacial score (nSPS) is 23.2. The molecule has 0 N–H and O–H groups in total. The summed E-state index contributed by atoms with van der Waals surface area (Å²) in [5.41, 5.74) is 1.16.